The van der Waals surface area contributed by atoms with Crippen LogP contribution in [0.5, 0.6) is 0 Å². The van der Waals surface area contributed by atoms with E-state index in [1.165, 1.54) is 0 Å². The molecule has 0 spiro atoms. The monoisotopic (exact) mass is 205 g/mol. The molecule has 13 heavy (non-hydrogen) atoms. The Morgan fingerprint density at radius 2 is 2.00 bits per heavy atom. The lowest BCUT2D eigenvalue weighted by atomic mass is 10.0. The Balaban J connectivity index is 3.87. The van der Waals surface area contributed by atoms with Gasteiger partial charge in [0.05, 0.1) is 0 Å². The van der Waals surface area contributed by atoms with Crippen LogP contribution in [0.2, 0.25) is 0 Å². The molecule has 0 saturated carbocycles. The molecule has 0 bridgehead atoms. The van der Waals surface area contributed by atoms with E-state index in [2.05, 4.69) is 17.9 Å². The van der Waals surface area contributed by atoms with Gasteiger partial charge in [-0.1, -0.05) is 13.8 Å². The van der Waals surface area contributed by atoms with Gasteiger partial charge in [0.1, 0.15) is 5.60 Å². The summed E-state index contributed by atoms with van der Waals surface area (Å²) in [6.07, 6.45) is 1.32. The van der Waals surface area contributed by atoms with Gasteiger partial charge in [0.25, 0.3) is 0 Å². The number of nitrogens with one attached hydrogen (secondary N) is 1. The molecule has 0 aliphatic carbocycles. The lowest BCUT2D eigenvalue weighted by molar-refractivity contribution is 0.0196. The smallest absolute Gasteiger partial charge is 0.407 e. The van der Waals surface area contributed by atoms with Crippen LogP contribution in [0.4, 0.5) is 4.79 Å². The van der Waals surface area contributed by atoms with E-state index in [0.717, 1.165) is 12.8 Å². The summed E-state index contributed by atoms with van der Waals surface area (Å²) >= 11 is 3.98. The lowest BCUT2D eigenvalue weighted by Crippen LogP contribution is -2.36. The first-order valence-corrected chi connectivity index (χ1v) is 5.29. The third-order valence-corrected chi connectivity index (χ3v) is 2.44. The number of carbonyl (C=O) groups is 1. The van der Waals surface area contributed by atoms with Crippen molar-refractivity contribution in [3.8, 4) is 0 Å². The second-order valence-corrected chi connectivity index (χ2v) is 3.64. The molecular formula is C9H19NO2S. The van der Waals surface area contributed by atoms with Crippen LogP contribution in [0.25, 0.3) is 0 Å². The Bertz CT molecular complexity index is 158. The zero-order valence-corrected chi connectivity index (χ0v) is 9.49. The molecule has 0 saturated heterocycles. The van der Waals surface area contributed by atoms with E-state index >= 15 is 0 Å². The predicted octanol–water partition coefficient (Wildman–Crippen LogP) is 2.22. The number of ether oxygens (including phenoxy) is 1. The van der Waals surface area contributed by atoms with E-state index in [-0.39, 0.29) is 11.7 Å². The molecule has 0 aliphatic rings. The van der Waals surface area contributed by atoms with Crippen molar-refractivity contribution in [3.05, 3.63) is 0 Å². The summed E-state index contributed by atoms with van der Waals surface area (Å²) in [7, 11) is 0. The first-order valence-electron chi connectivity index (χ1n) is 4.65. The summed E-state index contributed by atoms with van der Waals surface area (Å²) in [4.78, 5) is 11.2. The van der Waals surface area contributed by atoms with Crippen molar-refractivity contribution in [1.29, 1.82) is 0 Å². The van der Waals surface area contributed by atoms with Gasteiger partial charge in [0.2, 0.25) is 0 Å². The molecule has 0 radical (unpaired) electrons. The molecule has 78 valence electrons. The zero-order valence-electron chi connectivity index (χ0n) is 8.59. The van der Waals surface area contributed by atoms with Gasteiger partial charge in [-0.3, -0.25) is 0 Å². The van der Waals surface area contributed by atoms with Crippen molar-refractivity contribution < 1.29 is 9.53 Å². The van der Waals surface area contributed by atoms with Crippen LogP contribution in [0, 0.1) is 0 Å². The van der Waals surface area contributed by atoms with Crippen LogP contribution in [0.15, 0.2) is 0 Å². The standard InChI is InChI=1S/C9H19NO2S/c1-4-9(3,5-2)12-8(11)10-6-7-13/h13H,4-7H2,1-3H3,(H,10,11). The molecule has 0 aromatic heterocycles. The molecule has 1 amide bonds. The molecular weight excluding hydrogens is 186 g/mol. The number of rotatable bonds is 5. The van der Waals surface area contributed by atoms with Crippen LogP contribution in [-0.4, -0.2) is 24.0 Å². The Labute approximate surface area is 85.6 Å². The van der Waals surface area contributed by atoms with Crippen LogP contribution in [0.3, 0.4) is 0 Å². The van der Waals surface area contributed by atoms with E-state index in [4.69, 9.17) is 4.74 Å². The van der Waals surface area contributed by atoms with Gasteiger partial charge < -0.3 is 10.1 Å². The molecule has 0 atom stereocenters. The molecule has 0 rings (SSSR count). The summed E-state index contributed by atoms with van der Waals surface area (Å²) in [5.41, 5.74) is -0.333. The number of hydrogen-bond donors (Lipinski definition) is 2. The Morgan fingerprint density at radius 1 is 1.46 bits per heavy atom. The molecule has 0 aromatic carbocycles. The van der Waals surface area contributed by atoms with Gasteiger partial charge in [-0.15, -0.1) is 0 Å². The summed E-state index contributed by atoms with van der Waals surface area (Å²) in [5.74, 6) is 0.629. The number of thiol groups is 1. The third kappa shape index (κ3) is 5.03. The largest absolute Gasteiger partial charge is 0.443 e. The minimum absolute atomic E-state index is 0.333. The molecule has 0 unspecified atom stereocenters. The maximum atomic E-state index is 11.2. The topological polar surface area (TPSA) is 38.3 Å². The molecule has 0 fully saturated rings. The van der Waals surface area contributed by atoms with Crippen LogP contribution in [-0.2, 0) is 4.74 Å². The van der Waals surface area contributed by atoms with Crippen molar-refractivity contribution >= 4 is 18.7 Å². The quantitative estimate of drug-likeness (QED) is 0.675. The summed E-state index contributed by atoms with van der Waals surface area (Å²) in [6.45, 7) is 6.50. The summed E-state index contributed by atoms with van der Waals surface area (Å²) in [5, 5.41) is 2.62. The number of hydrogen-bond acceptors (Lipinski definition) is 3. The van der Waals surface area contributed by atoms with E-state index < -0.39 is 0 Å². The summed E-state index contributed by atoms with van der Waals surface area (Å²) in [6, 6.07) is 0. The van der Waals surface area contributed by atoms with Gasteiger partial charge in [0, 0.05) is 12.3 Å². The van der Waals surface area contributed by atoms with E-state index in [9.17, 15) is 4.79 Å². The Morgan fingerprint density at radius 3 is 2.38 bits per heavy atom. The highest BCUT2D eigenvalue weighted by molar-refractivity contribution is 7.80. The normalized spacial score (nSPS) is 11.1. The zero-order chi connectivity index (χ0) is 10.3. The van der Waals surface area contributed by atoms with Crippen molar-refractivity contribution in [2.75, 3.05) is 12.3 Å². The lowest BCUT2D eigenvalue weighted by Gasteiger charge is -2.26. The average Bonchev–Trinajstić information content (AvgIpc) is 2.14. The third-order valence-electron chi connectivity index (χ3n) is 2.22. The van der Waals surface area contributed by atoms with Gasteiger partial charge in [-0.25, -0.2) is 4.79 Å². The van der Waals surface area contributed by atoms with Crippen molar-refractivity contribution in [3.63, 3.8) is 0 Å². The van der Waals surface area contributed by atoms with Crippen molar-refractivity contribution in [1.82, 2.24) is 5.32 Å². The second kappa shape index (κ2) is 6.13. The second-order valence-electron chi connectivity index (χ2n) is 3.20. The Kier molecular flexibility index (Phi) is 5.95. The molecule has 0 heterocycles. The van der Waals surface area contributed by atoms with E-state index in [0.29, 0.717) is 12.3 Å². The van der Waals surface area contributed by atoms with Gasteiger partial charge in [0.15, 0.2) is 0 Å². The van der Waals surface area contributed by atoms with Crippen LogP contribution >= 0.6 is 12.6 Å². The van der Waals surface area contributed by atoms with Gasteiger partial charge in [-0.2, -0.15) is 12.6 Å². The first-order chi connectivity index (χ1) is 6.08. The minimum atomic E-state index is -0.347. The number of carbonyl (C=O) groups excluding carboxylic acids is 1. The fourth-order valence-corrected chi connectivity index (χ4v) is 0.924. The fourth-order valence-electron chi connectivity index (χ4n) is 0.812. The number of alkyl carbamates (subject to hydrolysis) is 1. The van der Waals surface area contributed by atoms with E-state index in [1.54, 1.807) is 0 Å². The number of amides is 1. The molecule has 0 aliphatic heterocycles. The van der Waals surface area contributed by atoms with E-state index in [1.807, 2.05) is 20.8 Å². The maximum absolute atomic E-state index is 11.2. The van der Waals surface area contributed by atoms with Crippen LogP contribution < -0.4 is 5.32 Å². The highest BCUT2D eigenvalue weighted by Crippen LogP contribution is 2.18. The fraction of sp³-hybridized carbons (Fsp3) is 0.889. The van der Waals surface area contributed by atoms with Crippen molar-refractivity contribution in [2.45, 2.75) is 39.2 Å². The maximum Gasteiger partial charge on any atom is 0.407 e. The molecule has 4 heteroatoms. The average molecular weight is 205 g/mol. The van der Waals surface area contributed by atoms with Crippen LogP contribution in [0.1, 0.15) is 33.6 Å². The SMILES string of the molecule is CCC(C)(CC)OC(=O)NCCS. The van der Waals surface area contributed by atoms with Gasteiger partial charge >= 0.3 is 6.09 Å². The molecule has 3 nitrogen and oxygen atoms in total. The highest BCUT2D eigenvalue weighted by Gasteiger charge is 2.23. The first kappa shape index (κ1) is 12.6. The summed E-state index contributed by atoms with van der Waals surface area (Å²) < 4.78 is 5.25. The predicted molar refractivity (Wildman–Crippen MR) is 57.3 cm³/mol. The highest BCUT2D eigenvalue weighted by atomic mass is 32.1. The molecule has 1 N–H and O–H groups in total. The minimum Gasteiger partial charge on any atom is -0.443 e. The van der Waals surface area contributed by atoms with Gasteiger partial charge in [-0.05, 0) is 19.8 Å². The Hall–Kier alpha value is -0.380. The molecule has 0 aromatic rings. The van der Waals surface area contributed by atoms with Crippen molar-refractivity contribution in [2.24, 2.45) is 0 Å².